The van der Waals surface area contributed by atoms with Crippen LogP contribution in [0.4, 0.5) is 5.69 Å². The molecule has 1 amide bonds. The van der Waals surface area contributed by atoms with Crippen LogP contribution in [0, 0.1) is 13.8 Å². The van der Waals surface area contributed by atoms with Crippen molar-refractivity contribution in [2.24, 2.45) is 0 Å². The van der Waals surface area contributed by atoms with Crippen LogP contribution in [0.3, 0.4) is 0 Å². The Morgan fingerprint density at radius 1 is 1.29 bits per heavy atom. The van der Waals surface area contributed by atoms with E-state index in [2.05, 4.69) is 25.6 Å². The van der Waals surface area contributed by atoms with Gasteiger partial charge in [0.2, 0.25) is 11.1 Å². The number of thioether (sulfide) groups is 1. The Kier molecular flexibility index (Phi) is 4.34. The normalized spacial score (nSPS) is 12.3. The maximum absolute atomic E-state index is 12.4. The van der Waals surface area contributed by atoms with Crippen LogP contribution in [0.2, 0.25) is 0 Å². The third-order valence-electron chi connectivity index (χ3n) is 3.47. The second-order valence-corrected chi connectivity index (χ2v) is 6.63. The summed E-state index contributed by atoms with van der Waals surface area (Å²) in [6.45, 7) is 5.31. The minimum atomic E-state index is -0.411. The molecule has 124 valence electrons. The van der Waals surface area contributed by atoms with E-state index in [0.717, 1.165) is 11.3 Å². The molecule has 2 aromatic heterocycles. The molecule has 3 rings (SSSR count). The van der Waals surface area contributed by atoms with E-state index in [4.69, 9.17) is 0 Å². The van der Waals surface area contributed by atoms with Gasteiger partial charge in [-0.15, -0.1) is 10.2 Å². The number of aromatic amines is 1. The van der Waals surface area contributed by atoms with Gasteiger partial charge in [0.25, 0.3) is 11.3 Å². The highest BCUT2D eigenvalue weighted by Gasteiger charge is 2.19. The Labute approximate surface area is 141 Å². The van der Waals surface area contributed by atoms with E-state index in [1.165, 1.54) is 16.3 Å². The molecule has 0 aliphatic heterocycles. The number of fused-ring (bicyclic) bond motifs is 1. The molecule has 1 aromatic carbocycles. The Morgan fingerprint density at radius 2 is 2.04 bits per heavy atom. The van der Waals surface area contributed by atoms with Crippen molar-refractivity contribution in [1.29, 1.82) is 0 Å². The molecule has 0 bridgehead atoms. The molecule has 2 N–H and O–H groups in total. The van der Waals surface area contributed by atoms with E-state index < -0.39 is 5.25 Å². The second kappa shape index (κ2) is 6.44. The molecular formula is C15H16N6O2S. The first kappa shape index (κ1) is 16.2. The van der Waals surface area contributed by atoms with Crippen molar-refractivity contribution in [1.82, 2.24) is 24.8 Å². The van der Waals surface area contributed by atoms with Gasteiger partial charge in [0.15, 0.2) is 0 Å². The average Bonchev–Trinajstić information content (AvgIpc) is 2.92. The lowest BCUT2D eigenvalue weighted by molar-refractivity contribution is -0.115. The van der Waals surface area contributed by atoms with E-state index >= 15 is 0 Å². The van der Waals surface area contributed by atoms with Gasteiger partial charge in [0.1, 0.15) is 5.69 Å². The maximum atomic E-state index is 12.4. The lowest BCUT2D eigenvalue weighted by Gasteiger charge is -2.12. The van der Waals surface area contributed by atoms with Gasteiger partial charge in [-0.05, 0) is 32.4 Å². The molecule has 8 nitrogen and oxygen atoms in total. The van der Waals surface area contributed by atoms with Gasteiger partial charge in [-0.1, -0.05) is 30.0 Å². The van der Waals surface area contributed by atoms with Crippen LogP contribution in [0.15, 0.2) is 34.2 Å². The zero-order valence-electron chi connectivity index (χ0n) is 13.4. The van der Waals surface area contributed by atoms with Crippen LogP contribution in [0.1, 0.15) is 18.2 Å². The summed E-state index contributed by atoms with van der Waals surface area (Å²) in [5, 5.41) is 14.9. The van der Waals surface area contributed by atoms with Gasteiger partial charge in [-0.2, -0.15) is 9.61 Å². The van der Waals surface area contributed by atoms with E-state index in [9.17, 15) is 9.59 Å². The molecule has 0 unspecified atom stereocenters. The third kappa shape index (κ3) is 3.16. The van der Waals surface area contributed by atoms with Crippen LogP contribution in [-0.4, -0.2) is 36.0 Å². The number of rotatable bonds is 4. The highest BCUT2D eigenvalue weighted by Crippen LogP contribution is 2.22. The van der Waals surface area contributed by atoms with Crippen LogP contribution < -0.4 is 10.9 Å². The zero-order chi connectivity index (χ0) is 17.3. The number of hydrogen-bond acceptors (Lipinski definition) is 6. The van der Waals surface area contributed by atoms with Gasteiger partial charge >= 0.3 is 0 Å². The monoisotopic (exact) mass is 344 g/mol. The van der Waals surface area contributed by atoms with Crippen molar-refractivity contribution in [3.63, 3.8) is 0 Å². The molecule has 24 heavy (non-hydrogen) atoms. The van der Waals surface area contributed by atoms with E-state index in [0.29, 0.717) is 10.9 Å². The number of carbonyl (C=O) groups excluding carboxylic acids is 1. The lowest BCUT2D eigenvalue weighted by Crippen LogP contribution is -2.23. The van der Waals surface area contributed by atoms with Crippen LogP contribution in [0.25, 0.3) is 5.78 Å². The van der Waals surface area contributed by atoms with Gasteiger partial charge in [-0.25, -0.2) is 0 Å². The van der Waals surface area contributed by atoms with E-state index in [-0.39, 0.29) is 17.2 Å². The number of para-hydroxylation sites is 1. The summed E-state index contributed by atoms with van der Waals surface area (Å²) in [5.74, 6) is 0.104. The molecule has 0 radical (unpaired) electrons. The molecule has 0 spiro atoms. The van der Waals surface area contributed by atoms with Crippen LogP contribution in [0.5, 0.6) is 0 Å². The van der Waals surface area contributed by atoms with Crippen molar-refractivity contribution in [3.8, 4) is 0 Å². The summed E-state index contributed by atoms with van der Waals surface area (Å²) in [5.41, 5.74) is 1.77. The zero-order valence-corrected chi connectivity index (χ0v) is 14.2. The Balaban J connectivity index is 1.78. The first-order valence-corrected chi connectivity index (χ1v) is 8.19. The first-order valence-electron chi connectivity index (χ1n) is 7.31. The Bertz CT molecular complexity index is 964. The Morgan fingerprint density at radius 3 is 2.79 bits per heavy atom. The summed E-state index contributed by atoms with van der Waals surface area (Å²) in [4.78, 5) is 26.5. The number of benzene rings is 1. The second-order valence-electron chi connectivity index (χ2n) is 5.32. The number of nitrogens with one attached hydrogen (secondary N) is 2. The number of H-pyrrole nitrogens is 1. The fourth-order valence-corrected chi connectivity index (χ4v) is 2.85. The predicted molar refractivity (Wildman–Crippen MR) is 91.3 cm³/mol. The molecule has 9 heteroatoms. The highest BCUT2D eigenvalue weighted by atomic mass is 32.2. The minimum Gasteiger partial charge on any atom is -0.325 e. The topological polar surface area (TPSA) is 105 Å². The number of aromatic nitrogens is 5. The van der Waals surface area contributed by atoms with Gasteiger partial charge in [-0.3, -0.25) is 14.6 Å². The van der Waals surface area contributed by atoms with Gasteiger partial charge in [0.05, 0.1) is 5.25 Å². The largest absolute Gasteiger partial charge is 0.325 e. The van der Waals surface area contributed by atoms with Crippen LogP contribution >= 0.6 is 11.8 Å². The summed E-state index contributed by atoms with van der Waals surface area (Å²) in [7, 11) is 0. The molecule has 0 fully saturated rings. The van der Waals surface area contributed by atoms with Crippen molar-refractivity contribution in [2.45, 2.75) is 31.2 Å². The lowest BCUT2D eigenvalue weighted by atomic mass is 10.2. The number of aryl methyl sites for hydroxylation is 2. The quantitative estimate of drug-likeness (QED) is 0.696. The van der Waals surface area contributed by atoms with Gasteiger partial charge < -0.3 is 5.32 Å². The van der Waals surface area contributed by atoms with Crippen molar-refractivity contribution >= 4 is 29.1 Å². The Hall–Kier alpha value is -2.68. The number of nitrogens with zero attached hydrogens (tertiary/aromatic N) is 4. The predicted octanol–water partition coefficient (Wildman–Crippen LogP) is 1.55. The van der Waals surface area contributed by atoms with E-state index in [1.807, 2.05) is 31.2 Å². The number of amides is 1. The van der Waals surface area contributed by atoms with Crippen molar-refractivity contribution in [2.75, 3.05) is 5.32 Å². The summed E-state index contributed by atoms with van der Waals surface area (Å²) in [6.07, 6.45) is 0. The molecule has 0 saturated carbocycles. The standard InChI is InChI=1S/C15H16N6O2S/c1-8-6-4-5-7-11(8)16-13(23)10(3)24-15-19-18-14-17-12(22)9(2)20-21(14)15/h4-7,10H,1-3H3,(H,16,23)(H,17,18,22)/t10-/m0/s1. The molecular weight excluding hydrogens is 328 g/mol. The molecule has 3 aromatic rings. The number of carbonyl (C=O) groups is 1. The molecule has 1 atom stereocenters. The van der Waals surface area contributed by atoms with Gasteiger partial charge in [0, 0.05) is 5.69 Å². The SMILES string of the molecule is Cc1ccccc1NC(=O)[C@H](C)Sc1nnc2[nH]c(=O)c(C)nn12. The summed E-state index contributed by atoms with van der Waals surface area (Å²) in [6, 6.07) is 7.57. The molecule has 0 saturated heterocycles. The fraction of sp³-hybridized carbons (Fsp3) is 0.267. The summed E-state index contributed by atoms with van der Waals surface area (Å²) >= 11 is 1.22. The third-order valence-corrected chi connectivity index (χ3v) is 4.50. The minimum absolute atomic E-state index is 0.146. The molecule has 0 aliphatic carbocycles. The number of hydrogen-bond donors (Lipinski definition) is 2. The van der Waals surface area contributed by atoms with Crippen molar-refractivity contribution in [3.05, 3.63) is 45.9 Å². The number of anilines is 1. The van der Waals surface area contributed by atoms with Crippen molar-refractivity contribution < 1.29 is 4.79 Å². The highest BCUT2D eigenvalue weighted by molar-refractivity contribution is 8.00. The summed E-state index contributed by atoms with van der Waals surface area (Å²) < 4.78 is 1.43. The van der Waals surface area contributed by atoms with E-state index in [1.54, 1.807) is 13.8 Å². The molecule has 0 aliphatic rings. The fourth-order valence-electron chi connectivity index (χ4n) is 2.05. The first-order chi connectivity index (χ1) is 11.5. The molecule has 2 heterocycles. The smallest absolute Gasteiger partial charge is 0.273 e. The maximum Gasteiger partial charge on any atom is 0.273 e. The average molecular weight is 344 g/mol. The van der Waals surface area contributed by atoms with Crippen LogP contribution in [-0.2, 0) is 4.79 Å².